The van der Waals surface area contributed by atoms with Gasteiger partial charge in [-0.1, -0.05) is 0 Å². The molecule has 0 heterocycles. The zero-order valence-electron chi connectivity index (χ0n) is 19.5. The molecular formula is C21H47NO5P2. The van der Waals surface area contributed by atoms with Crippen LogP contribution in [0.2, 0.25) is 0 Å². The molecule has 0 aromatic carbocycles. The summed E-state index contributed by atoms with van der Waals surface area (Å²) in [6.45, 7) is 15.1. The van der Waals surface area contributed by atoms with Crippen molar-refractivity contribution in [1.29, 1.82) is 0 Å². The van der Waals surface area contributed by atoms with E-state index in [4.69, 9.17) is 23.7 Å². The van der Waals surface area contributed by atoms with Gasteiger partial charge >= 0.3 is 0 Å². The second-order valence-corrected chi connectivity index (χ2v) is 9.59. The highest BCUT2D eigenvalue weighted by Crippen LogP contribution is 2.17. The summed E-state index contributed by atoms with van der Waals surface area (Å²) >= 11 is 0. The molecule has 6 nitrogen and oxygen atoms in total. The Morgan fingerprint density at radius 1 is 0.621 bits per heavy atom. The summed E-state index contributed by atoms with van der Waals surface area (Å²) in [6.07, 6.45) is 6.80. The molecule has 0 aromatic heterocycles. The minimum Gasteiger partial charge on any atom is -0.383 e. The van der Waals surface area contributed by atoms with Crippen molar-refractivity contribution in [3.63, 3.8) is 0 Å². The van der Waals surface area contributed by atoms with E-state index in [1.807, 2.05) is 27.7 Å². The molecule has 0 bridgehead atoms. The third kappa shape index (κ3) is 19.1. The van der Waals surface area contributed by atoms with E-state index in [0.29, 0.717) is 0 Å². The predicted octanol–water partition coefficient (Wildman–Crippen LogP) is 3.87. The Morgan fingerprint density at radius 2 is 1.03 bits per heavy atom. The molecule has 0 fully saturated rings. The standard InChI is InChI=1S/C21H47NO5P2/c1-6-24-20(25-7-2)10-16-28-18-13-22(12-15-23-5)14-19-29-17-11-21(26-8-3)27-9-4/h20-21,28-29H,6-19H2,1-5H3. The topological polar surface area (TPSA) is 49.4 Å². The molecule has 0 amide bonds. The van der Waals surface area contributed by atoms with Gasteiger partial charge in [0.2, 0.25) is 0 Å². The van der Waals surface area contributed by atoms with Crippen LogP contribution in [0.1, 0.15) is 40.5 Å². The van der Waals surface area contributed by atoms with Gasteiger partial charge in [0.1, 0.15) is 0 Å². The molecule has 2 atom stereocenters. The third-order valence-electron chi connectivity index (χ3n) is 4.35. The number of ether oxygens (including phenoxy) is 5. The molecule has 176 valence electrons. The molecule has 0 radical (unpaired) electrons. The van der Waals surface area contributed by atoms with Crippen molar-refractivity contribution >= 4 is 17.2 Å². The van der Waals surface area contributed by atoms with Gasteiger partial charge in [-0.15, -0.1) is 17.2 Å². The van der Waals surface area contributed by atoms with Crippen molar-refractivity contribution in [2.75, 3.05) is 84.4 Å². The van der Waals surface area contributed by atoms with Crippen LogP contribution >= 0.6 is 17.2 Å². The average molecular weight is 456 g/mol. The quantitative estimate of drug-likeness (QED) is 0.132. The first kappa shape index (κ1) is 29.6. The van der Waals surface area contributed by atoms with Crippen LogP contribution in [0.3, 0.4) is 0 Å². The maximum atomic E-state index is 5.62. The van der Waals surface area contributed by atoms with Crippen LogP contribution in [-0.4, -0.2) is 102 Å². The first-order valence-corrected chi connectivity index (χ1v) is 14.1. The number of hydrogen-bond donors (Lipinski definition) is 0. The molecule has 0 aromatic rings. The van der Waals surface area contributed by atoms with Crippen LogP contribution in [-0.2, 0) is 23.7 Å². The third-order valence-corrected chi connectivity index (χ3v) is 6.78. The van der Waals surface area contributed by atoms with Crippen molar-refractivity contribution < 1.29 is 23.7 Å². The normalized spacial score (nSPS) is 12.8. The summed E-state index contributed by atoms with van der Waals surface area (Å²) in [6, 6.07) is 0. The van der Waals surface area contributed by atoms with Crippen LogP contribution < -0.4 is 0 Å². The lowest BCUT2D eigenvalue weighted by Crippen LogP contribution is -2.31. The predicted molar refractivity (Wildman–Crippen MR) is 128 cm³/mol. The van der Waals surface area contributed by atoms with E-state index < -0.39 is 0 Å². The Bertz CT molecular complexity index is 291. The first-order chi connectivity index (χ1) is 14.2. The van der Waals surface area contributed by atoms with E-state index in [-0.39, 0.29) is 12.6 Å². The largest absolute Gasteiger partial charge is 0.383 e. The van der Waals surface area contributed by atoms with Gasteiger partial charge < -0.3 is 28.6 Å². The molecule has 0 rings (SSSR count). The van der Waals surface area contributed by atoms with Gasteiger partial charge in [-0.05, 0) is 52.3 Å². The lowest BCUT2D eigenvalue weighted by Gasteiger charge is -2.22. The smallest absolute Gasteiger partial charge is 0.157 e. The van der Waals surface area contributed by atoms with Gasteiger partial charge in [-0.3, -0.25) is 0 Å². The Balaban J connectivity index is 3.95. The molecular weight excluding hydrogens is 408 g/mol. The first-order valence-electron chi connectivity index (χ1n) is 11.3. The monoisotopic (exact) mass is 455 g/mol. The van der Waals surface area contributed by atoms with Gasteiger partial charge in [-0.25, -0.2) is 0 Å². The highest BCUT2D eigenvalue weighted by atomic mass is 31.1. The van der Waals surface area contributed by atoms with Gasteiger partial charge in [0.15, 0.2) is 12.6 Å². The van der Waals surface area contributed by atoms with Crippen molar-refractivity contribution in [3.05, 3.63) is 0 Å². The van der Waals surface area contributed by atoms with E-state index in [1.54, 1.807) is 7.11 Å². The SMILES string of the molecule is CCOC(CCPCCN(CCOC)CCPCCC(OCC)OCC)OCC. The minimum absolute atomic E-state index is 0.0273. The average Bonchev–Trinajstić information content (AvgIpc) is 2.71. The van der Waals surface area contributed by atoms with E-state index in [1.165, 1.54) is 24.6 Å². The van der Waals surface area contributed by atoms with E-state index in [2.05, 4.69) is 4.90 Å². The number of rotatable bonds is 23. The van der Waals surface area contributed by atoms with Crippen LogP contribution in [0.15, 0.2) is 0 Å². The fourth-order valence-corrected chi connectivity index (χ4v) is 5.22. The Hall–Kier alpha value is 0.620. The molecule has 0 spiro atoms. The zero-order chi connectivity index (χ0) is 21.6. The Kier molecular flexibility index (Phi) is 23.8. The zero-order valence-corrected chi connectivity index (χ0v) is 21.5. The maximum absolute atomic E-state index is 5.62. The maximum Gasteiger partial charge on any atom is 0.157 e. The number of hydrogen-bond acceptors (Lipinski definition) is 6. The molecule has 0 aliphatic heterocycles. The molecule has 0 saturated carbocycles. The van der Waals surface area contributed by atoms with Crippen molar-refractivity contribution in [2.24, 2.45) is 0 Å². The summed E-state index contributed by atoms with van der Waals surface area (Å²) < 4.78 is 27.8. The van der Waals surface area contributed by atoms with Crippen molar-refractivity contribution in [3.8, 4) is 0 Å². The van der Waals surface area contributed by atoms with Gasteiger partial charge in [-0.2, -0.15) is 0 Å². The van der Waals surface area contributed by atoms with Crippen molar-refractivity contribution in [2.45, 2.75) is 53.1 Å². The lowest BCUT2D eigenvalue weighted by molar-refractivity contribution is -0.136. The molecule has 2 unspecified atom stereocenters. The fraction of sp³-hybridized carbons (Fsp3) is 1.00. The van der Waals surface area contributed by atoms with Gasteiger partial charge in [0.05, 0.1) is 6.61 Å². The Labute approximate surface area is 183 Å². The van der Waals surface area contributed by atoms with Crippen LogP contribution in [0.5, 0.6) is 0 Å². The molecule has 29 heavy (non-hydrogen) atoms. The van der Waals surface area contributed by atoms with Gasteiger partial charge in [0, 0.05) is 66.0 Å². The lowest BCUT2D eigenvalue weighted by atomic mass is 10.4. The summed E-state index contributed by atoms with van der Waals surface area (Å²) in [5.74, 6) is 0. The Morgan fingerprint density at radius 3 is 1.38 bits per heavy atom. The van der Waals surface area contributed by atoms with Crippen LogP contribution in [0, 0.1) is 0 Å². The second kappa shape index (κ2) is 23.3. The number of methoxy groups -OCH3 is 1. The fourth-order valence-electron chi connectivity index (χ4n) is 2.89. The summed E-state index contributed by atoms with van der Waals surface area (Å²) in [7, 11) is 3.70. The molecule has 0 aliphatic rings. The van der Waals surface area contributed by atoms with Crippen molar-refractivity contribution in [1.82, 2.24) is 4.90 Å². The number of nitrogens with zero attached hydrogens (tertiary/aromatic N) is 1. The summed E-state index contributed by atoms with van der Waals surface area (Å²) in [5, 5.41) is 0. The summed E-state index contributed by atoms with van der Waals surface area (Å²) in [5.41, 5.74) is 0. The second-order valence-electron chi connectivity index (χ2n) is 6.59. The highest BCUT2D eigenvalue weighted by molar-refractivity contribution is 7.38. The van der Waals surface area contributed by atoms with Gasteiger partial charge in [0.25, 0.3) is 0 Å². The van der Waals surface area contributed by atoms with E-state index in [0.717, 1.165) is 82.7 Å². The molecule has 0 saturated heterocycles. The van der Waals surface area contributed by atoms with E-state index >= 15 is 0 Å². The molecule has 8 heteroatoms. The van der Waals surface area contributed by atoms with Crippen LogP contribution in [0.25, 0.3) is 0 Å². The molecule has 0 aliphatic carbocycles. The molecule has 0 N–H and O–H groups in total. The van der Waals surface area contributed by atoms with E-state index in [9.17, 15) is 0 Å². The minimum atomic E-state index is -0.0273. The summed E-state index contributed by atoms with van der Waals surface area (Å²) in [4.78, 5) is 2.55. The highest BCUT2D eigenvalue weighted by Gasteiger charge is 2.10. The van der Waals surface area contributed by atoms with Crippen LogP contribution in [0.4, 0.5) is 0 Å².